The lowest BCUT2D eigenvalue weighted by Crippen LogP contribution is -2.33. The summed E-state index contributed by atoms with van der Waals surface area (Å²) in [5.74, 6) is 1.51. The number of anilines is 1. The topological polar surface area (TPSA) is 42.2 Å². The van der Waals surface area contributed by atoms with E-state index in [1.54, 1.807) is 12.1 Å². The molecule has 1 aliphatic carbocycles. The summed E-state index contributed by atoms with van der Waals surface area (Å²) in [6.45, 7) is 4.34. The van der Waals surface area contributed by atoms with Gasteiger partial charge in [0.05, 0.1) is 5.02 Å². The predicted octanol–water partition coefficient (Wildman–Crippen LogP) is 8.72. The minimum absolute atomic E-state index is 0.100. The number of fused-ring (bicyclic) bond motifs is 4. The molecule has 1 unspecified atom stereocenters. The molecule has 170 valence electrons. The molecule has 0 bridgehead atoms. The second-order valence-corrected chi connectivity index (χ2v) is 10.8. The fraction of sp³-hybridized carbons (Fsp3) is 0.207. The first-order valence-corrected chi connectivity index (χ1v) is 12.2. The van der Waals surface area contributed by atoms with Crippen molar-refractivity contribution in [2.45, 2.75) is 32.7 Å². The highest BCUT2D eigenvalue weighted by molar-refractivity contribution is 6.36. The van der Waals surface area contributed by atoms with Gasteiger partial charge in [0.2, 0.25) is 0 Å². The van der Waals surface area contributed by atoms with E-state index in [9.17, 15) is 4.79 Å². The van der Waals surface area contributed by atoms with Crippen LogP contribution in [0.1, 0.15) is 44.1 Å². The highest BCUT2D eigenvalue weighted by atomic mass is 35.5. The van der Waals surface area contributed by atoms with Crippen molar-refractivity contribution in [2.24, 2.45) is 5.41 Å². The molecule has 3 aromatic carbocycles. The predicted molar refractivity (Wildman–Crippen MR) is 139 cm³/mol. The van der Waals surface area contributed by atoms with Gasteiger partial charge in [-0.25, -0.2) is 0 Å². The van der Waals surface area contributed by atoms with Crippen LogP contribution in [0.2, 0.25) is 10.0 Å². The zero-order valence-electron chi connectivity index (χ0n) is 18.9. The maximum Gasteiger partial charge on any atom is 0.162 e. The van der Waals surface area contributed by atoms with Gasteiger partial charge in [0.25, 0.3) is 0 Å². The zero-order valence-corrected chi connectivity index (χ0v) is 20.4. The fourth-order valence-electron chi connectivity index (χ4n) is 5.39. The second-order valence-electron chi connectivity index (χ2n) is 9.95. The van der Waals surface area contributed by atoms with Crippen LogP contribution in [0, 0.1) is 5.41 Å². The number of nitrogens with one attached hydrogen (secondary N) is 1. The molecule has 1 aromatic heterocycles. The average molecular weight is 488 g/mol. The molecular weight excluding hydrogens is 465 g/mol. The molecule has 0 radical (unpaired) electrons. The van der Waals surface area contributed by atoms with Gasteiger partial charge in [-0.3, -0.25) is 4.79 Å². The maximum atomic E-state index is 13.6. The smallest absolute Gasteiger partial charge is 0.162 e. The van der Waals surface area contributed by atoms with Crippen LogP contribution in [0.4, 0.5) is 5.69 Å². The normalized spacial score (nSPS) is 19.1. The molecule has 6 rings (SSSR count). The van der Waals surface area contributed by atoms with Crippen molar-refractivity contribution in [2.75, 3.05) is 5.32 Å². The van der Waals surface area contributed by atoms with Gasteiger partial charge in [-0.2, -0.15) is 0 Å². The molecule has 4 aromatic rings. The summed E-state index contributed by atoms with van der Waals surface area (Å²) in [7, 11) is 0. The van der Waals surface area contributed by atoms with Gasteiger partial charge >= 0.3 is 0 Å². The van der Waals surface area contributed by atoms with E-state index in [0.29, 0.717) is 28.0 Å². The third kappa shape index (κ3) is 3.46. The number of furan rings is 1. The van der Waals surface area contributed by atoms with Crippen LogP contribution < -0.4 is 5.32 Å². The van der Waals surface area contributed by atoms with E-state index < -0.39 is 0 Å². The number of ketones is 1. The van der Waals surface area contributed by atoms with Crippen molar-refractivity contribution in [3.8, 4) is 11.3 Å². The summed E-state index contributed by atoms with van der Waals surface area (Å²) in [5, 5.41) is 7.05. The highest BCUT2D eigenvalue weighted by Gasteiger charge is 2.41. The lowest BCUT2D eigenvalue weighted by molar-refractivity contribution is -0.118. The van der Waals surface area contributed by atoms with Crippen molar-refractivity contribution in [1.29, 1.82) is 0 Å². The van der Waals surface area contributed by atoms with Gasteiger partial charge in [0.1, 0.15) is 17.6 Å². The standard InChI is InChI=1S/C29H23Cl2NO2/c1-29(2)14-20-26-18-6-4-3-5-16(18)7-10-22(26)32-28(27(20)23(33)15-29)25-12-11-24(34-25)19-9-8-17(30)13-21(19)31/h3-13,28,32H,14-15H2,1-2H3. The Bertz CT molecular complexity index is 1510. The minimum atomic E-state index is -0.355. The van der Waals surface area contributed by atoms with E-state index in [-0.39, 0.29) is 17.2 Å². The van der Waals surface area contributed by atoms with Gasteiger partial charge < -0.3 is 9.73 Å². The Balaban J connectivity index is 1.53. The van der Waals surface area contributed by atoms with Crippen LogP contribution in [0.5, 0.6) is 0 Å². The largest absolute Gasteiger partial charge is 0.458 e. The van der Waals surface area contributed by atoms with Crippen molar-refractivity contribution >= 4 is 51.0 Å². The number of benzene rings is 3. The van der Waals surface area contributed by atoms with Crippen molar-refractivity contribution < 1.29 is 9.21 Å². The Hall–Kier alpha value is -3.01. The van der Waals surface area contributed by atoms with Crippen molar-refractivity contribution in [3.05, 3.63) is 93.7 Å². The number of hydrogen-bond donors (Lipinski definition) is 1. The van der Waals surface area contributed by atoms with E-state index in [2.05, 4.69) is 49.5 Å². The Morgan fingerprint density at radius 2 is 1.79 bits per heavy atom. The lowest BCUT2D eigenvalue weighted by Gasteiger charge is -2.39. The molecule has 2 aliphatic rings. The summed E-state index contributed by atoms with van der Waals surface area (Å²) in [6.07, 6.45) is 1.35. The lowest BCUT2D eigenvalue weighted by atomic mass is 9.68. The van der Waals surface area contributed by atoms with Crippen molar-refractivity contribution in [1.82, 2.24) is 0 Å². The Morgan fingerprint density at radius 1 is 0.971 bits per heavy atom. The van der Waals surface area contributed by atoms with Crippen LogP contribution in [-0.4, -0.2) is 5.78 Å². The summed E-state index contributed by atoms with van der Waals surface area (Å²) in [6, 6.07) is 21.4. The van der Waals surface area contributed by atoms with E-state index in [4.69, 9.17) is 27.6 Å². The summed E-state index contributed by atoms with van der Waals surface area (Å²) < 4.78 is 6.31. The first-order chi connectivity index (χ1) is 16.3. The zero-order chi connectivity index (χ0) is 23.6. The van der Waals surface area contributed by atoms with Gasteiger partial charge in [-0.05, 0) is 64.6 Å². The first-order valence-electron chi connectivity index (χ1n) is 11.4. The van der Waals surface area contributed by atoms with E-state index in [1.807, 2.05) is 24.3 Å². The molecule has 1 N–H and O–H groups in total. The molecule has 5 heteroatoms. The van der Waals surface area contributed by atoms with Crippen LogP contribution in [0.3, 0.4) is 0 Å². The van der Waals surface area contributed by atoms with E-state index in [1.165, 1.54) is 5.39 Å². The van der Waals surface area contributed by atoms with Gasteiger partial charge in [-0.15, -0.1) is 0 Å². The Labute approximate surface area is 208 Å². The Morgan fingerprint density at radius 3 is 2.62 bits per heavy atom. The molecule has 3 nitrogen and oxygen atoms in total. The number of rotatable bonds is 2. The molecule has 0 spiro atoms. The van der Waals surface area contributed by atoms with E-state index >= 15 is 0 Å². The molecule has 1 atom stereocenters. The monoisotopic (exact) mass is 487 g/mol. The Kier molecular flexibility index (Phi) is 4.91. The third-order valence-electron chi connectivity index (χ3n) is 6.85. The van der Waals surface area contributed by atoms with Crippen molar-refractivity contribution in [3.63, 3.8) is 0 Å². The van der Waals surface area contributed by atoms with Crippen LogP contribution in [-0.2, 0) is 4.79 Å². The van der Waals surface area contributed by atoms with E-state index in [0.717, 1.165) is 39.8 Å². The van der Waals surface area contributed by atoms with Crippen LogP contribution in [0.15, 0.2) is 76.7 Å². The molecule has 0 saturated heterocycles. The van der Waals surface area contributed by atoms with Gasteiger partial charge in [0.15, 0.2) is 5.78 Å². The second kappa shape index (κ2) is 7.76. The third-order valence-corrected chi connectivity index (χ3v) is 7.39. The molecule has 1 aliphatic heterocycles. The number of Topliss-reactive ketones (excluding diaryl/α,β-unsaturated/α-hetero) is 1. The van der Waals surface area contributed by atoms with Crippen LogP contribution in [0.25, 0.3) is 27.7 Å². The molecule has 0 amide bonds. The summed E-state index contributed by atoms with van der Waals surface area (Å²) in [5.41, 5.74) is 4.76. The highest BCUT2D eigenvalue weighted by Crippen LogP contribution is 2.52. The van der Waals surface area contributed by atoms with Gasteiger partial charge in [-0.1, -0.05) is 67.4 Å². The summed E-state index contributed by atoms with van der Waals surface area (Å²) >= 11 is 12.5. The quantitative estimate of drug-likeness (QED) is 0.307. The number of carbonyl (C=O) groups excluding carboxylic acids is 1. The molecule has 0 saturated carbocycles. The molecule has 0 fully saturated rings. The number of carbonyl (C=O) groups is 1. The number of hydrogen-bond acceptors (Lipinski definition) is 3. The first kappa shape index (κ1) is 21.5. The molecule has 34 heavy (non-hydrogen) atoms. The fourth-order valence-corrected chi connectivity index (χ4v) is 5.89. The number of allylic oxidation sites excluding steroid dienone is 1. The average Bonchev–Trinajstić information content (AvgIpc) is 3.27. The number of halogens is 2. The van der Waals surface area contributed by atoms with Crippen LogP contribution >= 0.6 is 23.2 Å². The maximum absolute atomic E-state index is 13.6. The molecular formula is C29H23Cl2NO2. The summed E-state index contributed by atoms with van der Waals surface area (Å²) in [4.78, 5) is 13.6. The molecule has 2 heterocycles. The minimum Gasteiger partial charge on any atom is -0.458 e. The van der Waals surface area contributed by atoms with Gasteiger partial charge in [0, 0.05) is 33.8 Å². The SMILES string of the molecule is CC1(C)CC(=O)C2=C(C1)c1c(ccc3ccccc13)NC2c1ccc(-c2ccc(Cl)cc2Cl)o1.